The molecule has 1 aromatic rings. The van der Waals surface area contributed by atoms with Crippen LogP contribution in [0.1, 0.15) is 25.3 Å². The Bertz CT molecular complexity index is 337. The summed E-state index contributed by atoms with van der Waals surface area (Å²) in [6.07, 6.45) is 3.90. The largest absolute Gasteiger partial charge is 0.371 e. The minimum atomic E-state index is 0.714. The molecular weight excluding hydrogens is 262 g/mol. The molecule has 16 heavy (non-hydrogen) atoms. The van der Waals surface area contributed by atoms with E-state index in [1.54, 1.807) is 0 Å². The van der Waals surface area contributed by atoms with Crippen LogP contribution in [0.25, 0.3) is 0 Å². The van der Waals surface area contributed by atoms with Crippen LogP contribution in [-0.4, -0.2) is 18.4 Å². The predicted octanol–water partition coefficient (Wildman–Crippen LogP) is 3.86. The number of hydrogen-bond donors (Lipinski definition) is 0. The second-order valence-corrected chi connectivity index (χ2v) is 5.44. The zero-order chi connectivity index (χ0) is 11.4. The lowest BCUT2D eigenvalue weighted by molar-refractivity contribution is 0.610. The minimum absolute atomic E-state index is 0.714. The van der Waals surface area contributed by atoms with Crippen LogP contribution >= 0.6 is 15.9 Å². The summed E-state index contributed by atoms with van der Waals surface area (Å²) in [6.45, 7) is 4.69. The third-order valence-corrected chi connectivity index (χ3v) is 4.36. The lowest BCUT2D eigenvalue weighted by atomic mass is 10.1. The van der Waals surface area contributed by atoms with E-state index in [1.165, 1.54) is 43.6 Å². The molecule has 0 radical (unpaired) electrons. The van der Waals surface area contributed by atoms with E-state index in [2.05, 4.69) is 52.0 Å². The van der Waals surface area contributed by atoms with Crippen molar-refractivity contribution in [2.45, 2.75) is 26.2 Å². The van der Waals surface area contributed by atoms with Crippen molar-refractivity contribution in [1.29, 1.82) is 0 Å². The number of benzene rings is 1. The lowest BCUT2D eigenvalue weighted by Gasteiger charge is -2.27. The van der Waals surface area contributed by atoms with Gasteiger partial charge in [-0.05, 0) is 36.8 Å². The van der Waals surface area contributed by atoms with Crippen LogP contribution in [0.2, 0.25) is 0 Å². The Morgan fingerprint density at radius 1 is 1.31 bits per heavy atom. The first-order chi connectivity index (χ1) is 7.81. The summed E-state index contributed by atoms with van der Waals surface area (Å²) < 4.78 is 0. The van der Waals surface area contributed by atoms with E-state index >= 15 is 0 Å². The molecule has 0 amide bonds. The quantitative estimate of drug-likeness (QED) is 0.761. The first kappa shape index (κ1) is 12.0. The number of rotatable bonds is 3. The molecule has 0 spiro atoms. The molecule has 2 rings (SSSR count). The smallest absolute Gasteiger partial charge is 0.0398 e. The summed E-state index contributed by atoms with van der Waals surface area (Å²) in [7, 11) is 0. The number of para-hydroxylation sites is 1. The van der Waals surface area contributed by atoms with Crippen LogP contribution < -0.4 is 4.90 Å². The molecule has 0 saturated heterocycles. The molecule has 1 atom stereocenters. The van der Waals surface area contributed by atoms with E-state index in [1.807, 2.05) is 0 Å². The van der Waals surface area contributed by atoms with E-state index in [0.29, 0.717) is 5.92 Å². The van der Waals surface area contributed by atoms with E-state index in [4.69, 9.17) is 0 Å². The number of nitrogens with zero attached hydrogens (tertiary/aromatic N) is 1. The Morgan fingerprint density at radius 2 is 2.12 bits per heavy atom. The second kappa shape index (κ2) is 5.72. The van der Waals surface area contributed by atoms with E-state index < -0.39 is 0 Å². The Morgan fingerprint density at radius 3 is 2.94 bits per heavy atom. The summed E-state index contributed by atoms with van der Waals surface area (Å²) >= 11 is 3.57. The maximum absolute atomic E-state index is 3.57. The van der Waals surface area contributed by atoms with Gasteiger partial charge in [0.2, 0.25) is 0 Å². The van der Waals surface area contributed by atoms with Gasteiger partial charge in [-0.25, -0.2) is 0 Å². The average molecular weight is 282 g/mol. The number of aryl methyl sites for hydroxylation is 1. The van der Waals surface area contributed by atoms with E-state index in [-0.39, 0.29) is 0 Å². The molecule has 1 aliphatic rings. The van der Waals surface area contributed by atoms with Gasteiger partial charge in [-0.15, -0.1) is 0 Å². The topological polar surface area (TPSA) is 3.24 Å². The Hall–Kier alpha value is -0.500. The highest BCUT2D eigenvalue weighted by Crippen LogP contribution is 2.26. The number of anilines is 1. The van der Waals surface area contributed by atoms with Gasteiger partial charge in [0.05, 0.1) is 0 Å². The third-order valence-electron chi connectivity index (χ3n) is 3.25. The van der Waals surface area contributed by atoms with Crippen molar-refractivity contribution in [3.8, 4) is 0 Å². The fourth-order valence-electron chi connectivity index (χ4n) is 2.38. The van der Waals surface area contributed by atoms with Crippen molar-refractivity contribution in [2.24, 2.45) is 5.92 Å². The van der Waals surface area contributed by atoms with Gasteiger partial charge in [0, 0.05) is 24.1 Å². The molecule has 1 heterocycles. The van der Waals surface area contributed by atoms with Gasteiger partial charge in [0.15, 0.2) is 0 Å². The standard InChI is InChI=1S/C14H20BrN/c1-12(10-15)11-16-9-5-4-7-13-6-2-3-8-14(13)16/h2-3,6,8,12H,4-5,7,9-11H2,1H3. The summed E-state index contributed by atoms with van der Waals surface area (Å²) in [5.41, 5.74) is 2.99. The van der Waals surface area contributed by atoms with Crippen LogP contribution in [-0.2, 0) is 6.42 Å². The Labute approximate surface area is 107 Å². The molecule has 2 heteroatoms. The molecule has 0 bridgehead atoms. The van der Waals surface area contributed by atoms with Crippen molar-refractivity contribution in [3.63, 3.8) is 0 Å². The maximum atomic E-state index is 3.57. The van der Waals surface area contributed by atoms with Gasteiger partial charge < -0.3 is 4.90 Å². The van der Waals surface area contributed by atoms with Crippen LogP contribution in [0.15, 0.2) is 24.3 Å². The fraction of sp³-hybridized carbons (Fsp3) is 0.571. The summed E-state index contributed by atoms with van der Waals surface area (Å²) in [5.74, 6) is 0.714. The lowest BCUT2D eigenvalue weighted by Crippen LogP contribution is -2.29. The molecule has 1 aliphatic heterocycles. The average Bonchev–Trinajstić information content (AvgIpc) is 2.52. The zero-order valence-electron chi connectivity index (χ0n) is 9.95. The van der Waals surface area contributed by atoms with Crippen LogP contribution in [0, 0.1) is 5.92 Å². The molecule has 0 fully saturated rings. The van der Waals surface area contributed by atoms with Gasteiger partial charge >= 0.3 is 0 Å². The summed E-state index contributed by atoms with van der Waals surface area (Å²) in [4.78, 5) is 2.56. The van der Waals surface area contributed by atoms with Crippen molar-refractivity contribution < 1.29 is 0 Å². The maximum Gasteiger partial charge on any atom is 0.0398 e. The van der Waals surface area contributed by atoms with Gasteiger partial charge in [-0.1, -0.05) is 41.1 Å². The fourth-order valence-corrected chi connectivity index (χ4v) is 2.59. The SMILES string of the molecule is CC(CBr)CN1CCCCc2ccccc21. The van der Waals surface area contributed by atoms with Gasteiger partial charge in [0.25, 0.3) is 0 Å². The van der Waals surface area contributed by atoms with Crippen molar-refractivity contribution in [1.82, 2.24) is 0 Å². The van der Waals surface area contributed by atoms with Crippen molar-refractivity contribution in [2.75, 3.05) is 23.3 Å². The van der Waals surface area contributed by atoms with Crippen LogP contribution in [0.3, 0.4) is 0 Å². The Balaban J connectivity index is 2.19. The first-order valence-electron chi connectivity index (χ1n) is 6.20. The second-order valence-electron chi connectivity index (χ2n) is 4.79. The molecule has 1 aromatic carbocycles. The molecular formula is C14H20BrN. The summed E-state index contributed by atoms with van der Waals surface area (Å²) in [6, 6.07) is 8.89. The highest BCUT2D eigenvalue weighted by Gasteiger charge is 2.16. The predicted molar refractivity (Wildman–Crippen MR) is 74.6 cm³/mol. The zero-order valence-corrected chi connectivity index (χ0v) is 11.5. The highest BCUT2D eigenvalue weighted by atomic mass is 79.9. The molecule has 0 saturated carbocycles. The van der Waals surface area contributed by atoms with Crippen LogP contribution in [0.4, 0.5) is 5.69 Å². The van der Waals surface area contributed by atoms with Crippen molar-refractivity contribution >= 4 is 21.6 Å². The Kier molecular flexibility index (Phi) is 4.28. The molecule has 0 N–H and O–H groups in total. The van der Waals surface area contributed by atoms with Gasteiger partial charge in [0.1, 0.15) is 0 Å². The first-order valence-corrected chi connectivity index (χ1v) is 7.32. The minimum Gasteiger partial charge on any atom is -0.371 e. The molecule has 0 aromatic heterocycles. The summed E-state index contributed by atoms with van der Waals surface area (Å²) in [5, 5.41) is 1.09. The van der Waals surface area contributed by atoms with Gasteiger partial charge in [-0.3, -0.25) is 0 Å². The molecule has 88 valence electrons. The van der Waals surface area contributed by atoms with E-state index in [0.717, 1.165) is 5.33 Å². The number of hydrogen-bond acceptors (Lipinski definition) is 1. The molecule has 1 unspecified atom stereocenters. The van der Waals surface area contributed by atoms with Gasteiger partial charge in [-0.2, -0.15) is 0 Å². The van der Waals surface area contributed by atoms with E-state index in [9.17, 15) is 0 Å². The molecule has 1 nitrogen and oxygen atoms in total. The third kappa shape index (κ3) is 2.79. The number of alkyl halides is 1. The number of halogens is 1. The van der Waals surface area contributed by atoms with Crippen LogP contribution in [0.5, 0.6) is 0 Å². The highest BCUT2D eigenvalue weighted by molar-refractivity contribution is 9.09. The van der Waals surface area contributed by atoms with Crippen molar-refractivity contribution in [3.05, 3.63) is 29.8 Å². The molecule has 0 aliphatic carbocycles. The number of fused-ring (bicyclic) bond motifs is 1. The monoisotopic (exact) mass is 281 g/mol. The normalized spacial score (nSPS) is 17.8.